The highest BCUT2D eigenvalue weighted by Gasteiger charge is 2.29. The maximum Gasteiger partial charge on any atom is 0.255 e. The monoisotopic (exact) mass is 398 g/mol. The molecule has 1 aromatic carbocycles. The summed E-state index contributed by atoms with van der Waals surface area (Å²) in [7, 11) is 0. The molecule has 0 saturated carbocycles. The van der Waals surface area contributed by atoms with Gasteiger partial charge in [0.25, 0.3) is 5.91 Å². The van der Waals surface area contributed by atoms with E-state index in [9.17, 15) is 4.79 Å². The number of rotatable bonds is 3. The number of piperidine rings is 1. The highest BCUT2D eigenvalue weighted by molar-refractivity contribution is 5.97. The molecule has 0 bridgehead atoms. The van der Waals surface area contributed by atoms with Crippen molar-refractivity contribution < 1.29 is 4.79 Å². The number of carbonyl (C=O) groups excluding carboxylic acids is 1. The fourth-order valence-electron chi connectivity index (χ4n) is 4.12. The molecule has 7 nitrogen and oxygen atoms in total. The number of nitrogens with one attached hydrogen (secondary N) is 1. The summed E-state index contributed by atoms with van der Waals surface area (Å²) in [5.74, 6) is 0.847. The molecular weight excluding hydrogens is 376 g/mol. The highest BCUT2D eigenvalue weighted by Crippen LogP contribution is 2.31. The molecule has 0 unspecified atom stereocenters. The number of fused-ring (bicyclic) bond motifs is 1. The Morgan fingerprint density at radius 1 is 1.10 bits per heavy atom. The van der Waals surface area contributed by atoms with E-state index in [2.05, 4.69) is 24.9 Å². The van der Waals surface area contributed by atoms with Gasteiger partial charge in [0.05, 0.1) is 16.8 Å². The summed E-state index contributed by atoms with van der Waals surface area (Å²) in [5, 5.41) is 0.973. The number of aryl methyl sites for hydroxylation is 1. The van der Waals surface area contributed by atoms with Gasteiger partial charge in [0.2, 0.25) is 0 Å². The molecule has 4 aromatic rings. The molecule has 5 rings (SSSR count). The van der Waals surface area contributed by atoms with Gasteiger partial charge in [-0.25, -0.2) is 9.97 Å². The minimum atomic E-state index is 0.0113. The Kier molecular flexibility index (Phi) is 4.71. The number of amides is 1. The van der Waals surface area contributed by atoms with Crippen molar-refractivity contribution in [3.8, 4) is 11.5 Å². The number of carbonyl (C=O) groups is 1. The second-order valence-electron chi connectivity index (χ2n) is 7.71. The summed E-state index contributed by atoms with van der Waals surface area (Å²) in [4.78, 5) is 36.4. The van der Waals surface area contributed by atoms with E-state index < -0.39 is 0 Å². The van der Waals surface area contributed by atoms with E-state index >= 15 is 0 Å². The Balaban J connectivity index is 1.42. The standard InChI is InChI=1S/C23H22N6O/c1-15-12-27-22(28-15)21-20(24-8-9-25-21)17-6-4-10-29(14-17)23(30)18-11-16-5-2-3-7-19(16)26-13-18/h2-3,5,7-9,11-13,17H,4,6,10,14H2,1H3,(H,27,28)/t17-/m1/s1. The molecule has 0 aliphatic carbocycles. The Bertz CT molecular complexity index is 1220. The van der Waals surface area contributed by atoms with Crippen LogP contribution < -0.4 is 0 Å². The van der Waals surface area contributed by atoms with Gasteiger partial charge >= 0.3 is 0 Å². The number of likely N-dealkylation sites (tertiary alicyclic amines) is 1. The Labute approximate surface area is 174 Å². The predicted octanol–water partition coefficient (Wildman–Crippen LogP) is 3.74. The van der Waals surface area contributed by atoms with Crippen molar-refractivity contribution in [2.75, 3.05) is 13.1 Å². The van der Waals surface area contributed by atoms with Gasteiger partial charge in [0.15, 0.2) is 5.82 Å². The van der Waals surface area contributed by atoms with Crippen LogP contribution in [0.25, 0.3) is 22.4 Å². The van der Waals surface area contributed by atoms with Crippen LogP contribution in [0.3, 0.4) is 0 Å². The van der Waals surface area contributed by atoms with Crippen molar-refractivity contribution in [1.82, 2.24) is 29.8 Å². The molecule has 1 aliphatic rings. The smallest absolute Gasteiger partial charge is 0.255 e. The first-order valence-corrected chi connectivity index (χ1v) is 10.2. The second kappa shape index (κ2) is 7.67. The van der Waals surface area contributed by atoms with Crippen LogP contribution >= 0.6 is 0 Å². The molecule has 1 atom stereocenters. The number of para-hydroxylation sites is 1. The van der Waals surface area contributed by atoms with E-state index in [1.807, 2.05) is 42.2 Å². The molecule has 1 fully saturated rings. The third kappa shape index (κ3) is 3.43. The van der Waals surface area contributed by atoms with Crippen LogP contribution in [-0.2, 0) is 0 Å². The zero-order valence-electron chi connectivity index (χ0n) is 16.7. The molecule has 30 heavy (non-hydrogen) atoms. The number of benzene rings is 1. The maximum absolute atomic E-state index is 13.2. The maximum atomic E-state index is 13.2. The first kappa shape index (κ1) is 18.4. The van der Waals surface area contributed by atoms with Gasteiger partial charge in [0, 0.05) is 54.9 Å². The van der Waals surface area contributed by atoms with E-state index in [1.54, 1.807) is 24.8 Å². The summed E-state index contributed by atoms with van der Waals surface area (Å²) in [6.45, 7) is 3.31. The summed E-state index contributed by atoms with van der Waals surface area (Å²) in [6.07, 6.45) is 8.74. The Morgan fingerprint density at radius 3 is 2.83 bits per heavy atom. The first-order chi connectivity index (χ1) is 14.7. The van der Waals surface area contributed by atoms with Crippen LogP contribution in [0.1, 0.15) is 40.5 Å². The Morgan fingerprint density at radius 2 is 1.97 bits per heavy atom. The van der Waals surface area contributed by atoms with E-state index in [4.69, 9.17) is 0 Å². The van der Waals surface area contributed by atoms with Crippen molar-refractivity contribution >= 4 is 16.8 Å². The van der Waals surface area contributed by atoms with E-state index in [-0.39, 0.29) is 11.8 Å². The third-order valence-electron chi connectivity index (χ3n) is 5.59. The summed E-state index contributed by atoms with van der Waals surface area (Å²) in [5.41, 5.74) is 4.14. The molecule has 150 valence electrons. The normalized spacial score (nSPS) is 16.7. The molecule has 1 aliphatic heterocycles. The minimum Gasteiger partial charge on any atom is -0.341 e. The fraction of sp³-hybridized carbons (Fsp3) is 0.261. The number of nitrogens with zero attached hydrogens (tertiary/aromatic N) is 5. The molecular formula is C23H22N6O. The lowest BCUT2D eigenvalue weighted by Crippen LogP contribution is -2.39. The zero-order valence-corrected chi connectivity index (χ0v) is 16.7. The Hall–Kier alpha value is -3.61. The van der Waals surface area contributed by atoms with Gasteiger partial charge in [-0.05, 0) is 31.9 Å². The quantitative estimate of drug-likeness (QED) is 0.568. The largest absolute Gasteiger partial charge is 0.341 e. The van der Waals surface area contributed by atoms with Crippen LogP contribution in [0.15, 0.2) is 55.1 Å². The van der Waals surface area contributed by atoms with Crippen molar-refractivity contribution in [3.63, 3.8) is 0 Å². The molecule has 0 radical (unpaired) electrons. The second-order valence-corrected chi connectivity index (χ2v) is 7.71. The number of pyridine rings is 1. The average molecular weight is 398 g/mol. The molecule has 1 N–H and O–H groups in total. The molecule has 4 heterocycles. The van der Waals surface area contributed by atoms with Gasteiger partial charge in [0.1, 0.15) is 5.69 Å². The van der Waals surface area contributed by atoms with E-state index in [1.165, 1.54) is 0 Å². The lowest BCUT2D eigenvalue weighted by atomic mass is 9.92. The summed E-state index contributed by atoms with van der Waals surface area (Å²) >= 11 is 0. The van der Waals surface area contributed by atoms with Crippen LogP contribution in [0.2, 0.25) is 0 Å². The van der Waals surface area contributed by atoms with Gasteiger partial charge in [-0.1, -0.05) is 18.2 Å². The van der Waals surface area contributed by atoms with Crippen LogP contribution in [0.5, 0.6) is 0 Å². The van der Waals surface area contributed by atoms with Gasteiger partial charge in [-0.2, -0.15) is 0 Å². The van der Waals surface area contributed by atoms with Crippen LogP contribution in [-0.4, -0.2) is 48.8 Å². The van der Waals surface area contributed by atoms with Crippen molar-refractivity contribution in [1.29, 1.82) is 0 Å². The van der Waals surface area contributed by atoms with E-state index in [0.717, 1.165) is 53.2 Å². The van der Waals surface area contributed by atoms with Crippen molar-refractivity contribution in [2.24, 2.45) is 0 Å². The summed E-state index contributed by atoms with van der Waals surface area (Å²) < 4.78 is 0. The van der Waals surface area contributed by atoms with E-state index in [0.29, 0.717) is 12.1 Å². The van der Waals surface area contributed by atoms with Crippen molar-refractivity contribution in [2.45, 2.75) is 25.7 Å². The number of hydrogen-bond donors (Lipinski definition) is 1. The number of aromatic amines is 1. The van der Waals surface area contributed by atoms with Crippen molar-refractivity contribution in [3.05, 3.63) is 72.1 Å². The van der Waals surface area contributed by atoms with Crippen LogP contribution in [0, 0.1) is 6.92 Å². The zero-order chi connectivity index (χ0) is 20.5. The SMILES string of the molecule is Cc1cnc(-c2nccnc2[C@@H]2CCCN(C(=O)c3cnc4ccccc4c3)C2)[nH]1. The lowest BCUT2D eigenvalue weighted by molar-refractivity contribution is 0.0705. The third-order valence-corrected chi connectivity index (χ3v) is 5.59. The number of aromatic nitrogens is 5. The van der Waals surface area contributed by atoms with Crippen LogP contribution in [0.4, 0.5) is 0 Å². The molecule has 0 spiro atoms. The molecule has 7 heteroatoms. The van der Waals surface area contributed by atoms with Gasteiger partial charge in [-0.3, -0.25) is 14.8 Å². The minimum absolute atomic E-state index is 0.0113. The lowest BCUT2D eigenvalue weighted by Gasteiger charge is -2.33. The first-order valence-electron chi connectivity index (χ1n) is 10.2. The predicted molar refractivity (Wildman–Crippen MR) is 114 cm³/mol. The number of hydrogen-bond acceptors (Lipinski definition) is 5. The fourth-order valence-corrected chi connectivity index (χ4v) is 4.12. The molecule has 1 saturated heterocycles. The van der Waals surface area contributed by atoms with Gasteiger partial charge < -0.3 is 9.88 Å². The number of H-pyrrole nitrogens is 1. The highest BCUT2D eigenvalue weighted by atomic mass is 16.2. The number of imidazole rings is 1. The van der Waals surface area contributed by atoms with Gasteiger partial charge in [-0.15, -0.1) is 0 Å². The molecule has 3 aromatic heterocycles. The average Bonchev–Trinajstić information content (AvgIpc) is 3.24. The topological polar surface area (TPSA) is 87.7 Å². The molecule has 1 amide bonds. The summed E-state index contributed by atoms with van der Waals surface area (Å²) in [6, 6.07) is 9.77.